The van der Waals surface area contributed by atoms with Crippen LogP contribution in [0.4, 0.5) is 17.5 Å². The summed E-state index contributed by atoms with van der Waals surface area (Å²) in [5.74, 6) is 0.237. The van der Waals surface area contributed by atoms with Gasteiger partial charge >= 0.3 is 5.97 Å². The molecule has 9 heteroatoms. The summed E-state index contributed by atoms with van der Waals surface area (Å²) < 4.78 is 11.2. The summed E-state index contributed by atoms with van der Waals surface area (Å²) in [7, 11) is 1.60. The van der Waals surface area contributed by atoms with E-state index < -0.39 is 5.97 Å². The minimum Gasteiger partial charge on any atom is -0.495 e. The maximum Gasteiger partial charge on any atom is 0.303 e. The molecule has 0 radical (unpaired) electrons. The molecule has 0 aliphatic rings. The van der Waals surface area contributed by atoms with Gasteiger partial charge in [0.2, 0.25) is 0 Å². The van der Waals surface area contributed by atoms with Crippen LogP contribution in [0, 0.1) is 0 Å². The quantitative estimate of drug-likeness (QED) is 0.281. The zero-order valence-corrected chi connectivity index (χ0v) is 19.4. The number of aromatic nitrogens is 2. The predicted octanol–water partition coefficient (Wildman–Crippen LogP) is 4.78. The number of hydrogen-bond acceptors (Lipinski definition) is 8. The van der Waals surface area contributed by atoms with Gasteiger partial charge in [-0.15, -0.1) is 0 Å². The lowest BCUT2D eigenvalue weighted by atomic mass is 10.00. The number of anilines is 3. The number of carbonyl (C=O) groups is 2. The SMILES string of the molecule is COc1ccccc1Nc1nc2ccc(CC(=O)CNc3ccc(C(C)CC(=O)O)cn3)cc2o1. The molecule has 1 unspecified atom stereocenters. The third-order valence-corrected chi connectivity index (χ3v) is 5.51. The Labute approximate surface area is 202 Å². The number of nitrogens with one attached hydrogen (secondary N) is 2. The summed E-state index contributed by atoms with van der Waals surface area (Å²) in [5, 5.41) is 15.1. The molecule has 4 rings (SSSR count). The number of rotatable bonds is 11. The van der Waals surface area contributed by atoms with E-state index in [1.54, 1.807) is 19.4 Å². The molecule has 1 atom stereocenters. The second-order valence-electron chi connectivity index (χ2n) is 8.19. The van der Waals surface area contributed by atoms with Crippen LogP contribution in [0.5, 0.6) is 5.75 Å². The molecule has 3 N–H and O–H groups in total. The molecule has 0 fully saturated rings. The molecule has 0 aliphatic heterocycles. The zero-order chi connectivity index (χ0) is 24.8. The minimum absolute atomic E-state index is 0.0126. The Morgan fingerprint density at radius 1 is 1.14 bits per heavy atom. The molecule has 2 aromatic heterocycles. The predicted molar refractivity (Wildman–Crippen MR) is 132 cm³/mol. The number of carboxylic acid groups (broad SMARTS) is 1. The van der Waals surface area contributed by atoms with Crippen LogP contribution in [0.3, 0.4) is 0 Å². The van der Waals surface area contributed by atoms with E-state index in [2.05, 4.69) is 20.6 Å². The van der Waals surface area contributed by atoms with E-state index in [1.807, 2.05) is 55.5 Å². The van der Waals surface area contributed by atoms with Crippen LogP contribution in [0.1, 0.15) is 30.4 Å². The second-order valence-corrected chi connectivity index (χ2v) is 8.19. The number of carbonyl (C=O) groups excluding carboxylic acids is 1. The molecule has 0 bridgehead atoms. The molecule has 0 saturated carbocycles. The molecule has 0 amide bonds. The van der Waals surface area contributed by atoms with Gasteiger partial charge in [0.05, 0.1) is 25.8 Å². The Morgan fingerprint density at radius 3 is 2.71 bits per heavy atom. The van der Waals surface area contributed by atoms with Crippen molar-refractivity contribution in [3.05, 3.63) is 71.9 Å². The average molecular weight is 475 g/mol. The molecule has 35 heavy (non-hydrogen) atoms. The van der Waals surface area contributed by atoms with Crippen molar-refractivity contribution < 1.29 is 23.8 Å². The number of ether oxygens (including phenoxy) is 1. The zero-order valence-electron chi connectivity index (χ0n) is 19.4. The Morgan fingerprint density at radius 2 is 1.97 bits per heavy atom. The fourth-order valence-corrected chi connectivity index (χ4v) is 3.66. The highest BCUT2D eigenvalue weighted by Crippen LogP contribution is 2.29. The van der Waals surface area contributed by atoms with Gasteiger partial charge in [0.25, 0.3) is 6.01 Å². The number of Topliss-reactive ketones (excluding diaryl/α,β-unsaturated/α-hetero) is 1. The largest absolute Gasteiger partial charge is 0.495 e. The maximum absolute atomic E-state index is 12.5. The van der Waals surface area contributed by atoms with E-state index in [0.29, 0.717) is 28.7 Å². The van der Waals surface area contributed by atoms with Crippen LogP contribution in [-0.4, -0.2) is 40.5 Å². The number of ketones is 1. The number of fused-ring (bicyclic) bond motifs is 1. The van der Waals surface area contributed by atoms with Crippen LogP contribution >= 0.6 is 0 Å². The second kappa shape index (κ2) is 10.7. The fraction of sp³-hybridized carbons (Fsp3) is 0.231. The first kappa shape index (κ1) is 23.7. The van der Waals surface area contributed by atoms with Gasteiger partial charge in [0.1, 0.15) is 17.1 Å². The number of benzene rings is 2. The Bertz CT molecular complexity index is 1330. The number of pyridine rings is 1. The van der Waals surface area contributed by atoms with E-state index in [4.69, 9.17) is 14.3 Å². The monoisotopic (exact) mass is 474 g/mol. The summed E-state index contributed by atoms with van der Waals surface area (Å²) in [4.78, 5) is 32.1. The van der Waals surface area contributed by atoms with Gasteiger partial charge < -0.3 is 24.9 Å². The number of hydrogen-bond donors (Lipinski definition) is 3. The highest BCUT2D eigenvalue weighted by atomic mass is 16.5. The Kier molecular flexibility index (Phi) is 7.25. The highest BCUT2D eigenvalue weighted by molar-refractivity contribution is 5.86. The van der Waals surface area contributed by atoms with Crippen LogP contribution < -0.4 is 15.4 Å². The number of methoxy groups -OCH3 is 1. The fourth-order valence-electron chi connectivity index (χ4n) is 3.66. The molecule has 2 aromatic carbocycles. The number of carboxylic acids is 1. The van der Waals surface area contributed by atoms with E-state index in [-0.39, 0.29) is 31.1 Å². The van der Waals surface area contributed by atoms with Gasteiger partial charge in [-0.1, -0.05) is 31.2 Å². The molecule has 2 heterocycles. The van der Waals surface area contributed by atoms with Gasteiger partial charge in [-0.25, -0.2) is 4.98 Å². The first-order valence-electron chi connectivity index (χ1n) is 11.1. The molecule has 4 aromatic rings. The Balaban J connectivity index is 1.34. The molecule has 0 saturated heterocycles. The summed E-state index contributed by atoms with van der Waals surface area (Å²) in [6.45, 7) is 1.96. The summed E-state index contributed by atoms with van der Waals surface area (Å²) in [6.07, 6.45) is 1.90. The van der Waals surface area contributed by atoms with Crippen molar-refractivity contribution in [3.63, 3.8) is 0 Å². The van der Waals surface area contributed by atoms with Crippen molar-refractivity contribution >= 4 is 40.4 Å². The molecule has 9 nitrogen and oxygen atoms in total. The van der Waals surface area contributed by atoms with Crippen molar-refractivity contribution in [3.8, 4) is 5.75 Å². The standard InChI is InChI=1S/C26H26N4O5/c1-16(11-25(32)33)18-8-10-24(27-14-18)28-15-19(31)12-17-7-9-21-23(13-17)35-26(30-21)29-20-5-3-4-6-22(20)34-2/h3-10,13-14,16H,11-12,15H2,1-2H3,(H,27,28)(H,29,30)(H,32,33). The van der Waals surface area contributed by atoms with Gasteiger partial charge in [-0.3, -0.25) is 9.59 Å². The third-order valence-electron chi connectivity index (χ3n) is 5.51. The lowest BCUT2D eigenvalue weighted by Gasteiger charge is -2.10. The van der Waals surface area contributed by atoms with Crippen molar-refractivity contribution in [1.29, 1.82) is 0 Å². The van der Waals surface area contributed by atoms with E-state index in [0.717, 1.165) is 16.8 Å². The van der Waals surface area contributed by atoms with Gasteiger partial charge in [0.15, 0.2) is 11.4 Å². The number of oxazole rings is 1. The Hall–Kier alpha value is -4.40. The normalized spacial score (nSPS) is 11.7. The van der Waals surface area contributed by atoms with Crippen molar-refractivity contribution in [2.75, 3.05) is 24.3 Å². The summed E-state index contributed by atoms with van der Waals surface area (Å²) >= 11 is 0. The summed E-state index contributed by atoms with van der Waals surface area (Å²) in [6, 6.07) is 16.9. The van der Waals surface area contributed by atoms with Crippen LogP contribution in [0.25, 0.3) is 11.1 Å². The minimum atomic E-state index is -0.849. The number of aliphatic carboxylic acids is 1. The lowest BCUT2D eigenvalue weighted by molar-refractivity contribution is -0.137. The third kappa shape index (κ3) is 6.14. The molecule has 0 spiro atoms. The molecular weight excluding hydrogens is 448 g/mol. The van der Waals surface area contributed by atoms with Crippen molar-refractivity contribution in [1.82, 2.24) is 9.97 Å². The van der Waals surface area contributed by atoms with Crippen LogP contribution in [0.2, 0.25) is 0 Å². The van der Waals surface area contributed by atoms with E-state index in [1.165, 1.54) is 0 Å². The highest BCUT2D eigenvalue weighted by Gasteiger charge is 2.13. The average Bonchev–Trinajstić information content (AvgIpc) is 3.24. The van der Waals surface area contributed by atoms with E-state index in [9.17, 15) is 9.59 Å². The molecule has 0 aliphatic carbocycles. The van der Waals surface area contributed by atoms with Crippen LogP contribution in [0.15, 0.2) is 65.2 Å². The van der Waals surface area contributed by atoms with E-state index >= 15 is 0 Å². The number of nitrogens with zero attached hydrogens (tertiary/aromatic N) is 2. The first-order chi connectivity index (χ1) is 16.9. The maximum atomic E-state index is 12.5. The van der Waals surface area contributed by atoms with Crippen LogP contribution in [-0.2, 0) is 16.0 Å². The lowest BCUT2D eigenvalue weighted by Crippen LogP contribution is -2.16. The number of para-hydroxylation sites is 2. The van der Waals surface area contributed by atoms with Gasteiger partial charge in [-0.2, -0.15) is 4.98 Å². The molecule has 180 valence electrons. The topological polar surface area (TPSA) is 127 Å². The van der Waals surface area contributed by atoms with Crippen molar-refractivity contribution in [2.45, 2.75) is 25.7 Å². The smallest absolute Gasteiger partial charge is 0.303 e. The van der Waals surface area contributed by atoms with Gasteiger partial charge in [-0.05, 0) is 47.4 Å². The van der Waals surface area contributed by atoms with Crippen molar-refractivity contribution in [2.24, 2.45) is 0 Å². The van der Waals surface area contributed by atoms with Gasteiger partial charge in [0, 0.05) is 12.6 Å². The first-order valence-corrected chi connectivity index (χ1v) is 11.1. The summed E-state index contributed by atoms with van der Waals surface area (Å²) in [5.41, 5.74) is 3.65. The molecular formula is C26H26N4O5.